The monoisotopic (exact) mass is 424 g/mol. The van der Waals surface area contributed by atoms with Crippen LogP contribution in [0.1, 0.15) is 33.1 Å². The second-order valence-corrected chi connectivity index (χ2v) is 9.36. The summed E-state index contributed by atoms with van der Waals surface area (Å²) in [5, 5.41) is 33.0. The van der Waals surface area contributed by atoms with E-state index in [-0.39, 0.29) is 11.9 Å². The number of ether oxygens (including phenoxy) is 1. The molecule has 2 aliphatic heterocycles. The number of thioether (sulfide) groups is 1. The summed E-state index contributed by atoms with van der Waals surface area (Å²) in [7, 11) is 1.94. The number of alkyl halides is 1. The van der Waals surface area contributed by atoms with E-state index in [4.69, 9.17) is 16.3 Å². The van der Waals surface area contributed by atoms with Gasteiger partial charge in [0.05, 0.1) is 17.5 Å². The van der Waals surface area contributed by atoms with Gasteiger partial charge in [0.15, 0.2) is 0 Å². The van der Waals surface area contributed by atoms with Gasteiger partial charge in [-0.15, -0.1) is 23.4 Å². The zero-order valence-corrected chi connectivity index (χ0v) is 18.0. The van der Waals surface area contributed by atoms with Gasteiger partial charge in [0, 0.05) is 6.54 Å². The minimum absolute atomic E-state index is 0.147. The number of nitrogens with zero attached hydrogens (tertiary/aromatic N) is 1. The van der Waals surface area contributed by atoms with E-state index >= 15 is 0 Å². The lowest BCUT2D eigenvalue weighted by Crippen LogP contribution is -2.65. The third-order valence-electron chi connectivity index (χ3n) is 5.63. The van der Waals surface area contributed by atoms with Crippen LogP contribution in [0.3, 0.4) is 0 Å². The first-order valence-electron chi connectivity index (χ1n) is 9.58. The van der Waals surface area contributed by atoms with Crippen molar-refractivity contribution in [2.24, 2.45) is 5.92 Å². The number of carbonyl (C=O) groups is 1. The average molecular weight is 425 g/mol. The molecule has 0 aromatic heterocycles. The van der Waals surface area contributed by atoms with E-state index in [2.05, 4.69) is 12.2 Å². The summed E-state index contributed by atoms with van der Waals surface area (Å²) in [5.41, 5.74) is -0.702. The summed E-state index contributed by atoms with van der Waals surface area (Å²) >= 11 is 7.55. The Hall–Kier alpha value is -0.0900. The number of aliphatic hydroxyl groups excluding tert-OH is 3. The van der Waals surface area contributed by atoms with E-state index in [0.29, 0.717) is 5.92 Å². The molecule has 2 saturated heterocycles. The van der Waals surface area contributed by atoms with Gasteiger partial charge in [-0.25, -0.2) is 0 Å². The Bertz CT molecular complexity index is 498. The molecule has 2 rings (SSSR count). The molecule has 7 nitrogen and oxygen atoms in total. The molecule has 0 radical (unpaired) electrons. The molecular formula is C18H33ClN2O5S. The van der Waals surface area contributed by atoms with Crippen LogP contribution in [-0.4, -0.2) is 93.3 Å². The highest BCUT2D eigenvalue weighted by Crippen LogP contribution is 2.31. The maximum atomic E-state index is 12.9. The van der Waals surface area contributed by atoms with E-state index in [1.165, 1.54) is 11.8 Å². The number of likely N-dealkylation sites (tertiary alicyclic amines) is 1. The molecule has 0 aromatic carbocycles. The van der Waals surface area contributed by atoms with Gasteiger partial charge in [0.25, 0.3) is 0 Å². The molecule has 0 spiro atoms. The van der Waals surface area contributed by atoms with Crippen LogP contribution >= 0.6 is 23.4 Å². The zero-order valence-electron chi connectivity index (χ0n) is 16.4. The Labute approximate surface area is 170 Å². The largest absolute Gasteiger partial charge is 0.388 e. The van der Waals surface area contributed by atoms with Gasteiger partial charge in [-0.2, -0.15) is 0 Å². The van der Waals surface area contributed by atoms with E-state index in [1.54, 1.807) is 13.2 Å². The molecule has 1 amide bonds. The molecule has 4 N–H and O–H groups in total. The molecule has 2 aliphatic rings. The molecule has 0 aromatic rings. The van der Waals surface area contributed by atoms with Crippen molar-refractivity contribution in [2.45, 2.75) is 80.4 Å². The van der Waals surface area contributed by atoms with E-state index in [0.717, 1.165) is 25.8 Å². The van der Waals surface area contributed by atoms with Crippen molar-refractivity contribution >= 4 is 29.3 Å². The molecule has 2 heterocycles. The van der Waals surface area contributed by atoms with Crippen LogP contribution < -0.4 is 5.32 Å². The maximum absolute atomic E-state index is 12.9. The van der Waals surface area contributed by atoms with Crippen LogP contribution in [0.15, 0.2) is 0 Å². The van der Waals surface area contributed by atoms with Gasteiger partial charge < -0.3 is 25.4 Å². The standard InChI is InChI=1S/C18H33ClN2O5S/c1-5-6-10-7-11(21(3)8-10)17(25)20-12(9(2)19)16-14(23)13(22)15(24)18(26-16)27-4/h9-16,18,22-24H,5-8H2,1-4H3,(H,20,25)/t9?,10-,11-,12?,13+,14-,15-,16-,18-/m1/s1. The Morgan fingerprint density at radius 2 is 2.00 bits per heavy atom. The highest BCUT2D eigenvalue weighted by molar-refractivity contribution is 7.99. The first kappa shape index (κ1) is 23.2. The van der Waals surface area contributed by atoms with Crippen LogP contribution in [0.2, 0.25) is 0 Å². The van der Waals surface area contributed by atoms with Crippen molar-refractivity contribution in [2.75, 3.05) is 19.8 Å². The second kappa shape index (κ2) is 10.1. The minimum atomic E-state index is -1.36. The molecule has 0 saturated carbocycles. The van der Waals surface area contributed by atoms with Crippen LogP contribution in [0.4, 0.5) is 0 Å². The molecule has 0 aliphatic carbocycles. The average Bonchev–Trinajstić information content (AvgIpc) is 2.99. The Morgan fingerprint density at radius 3 is 2.56 bits per heavy atom. The Balaban J connectivity index is 2.09. The first-order valence-corrected chi connectivity index (χ1v) is 11.3. The third-order valence-corrected chi connectivity index (χ3v) is 6.76. The molecule has 27 heavy (non-hydrogen) atoms. The fourth-order valence-electron chi connectivity index (χ4n) is 4.11. The Kier molecular flexibility index (Phi) is 8.67. The minimum Gasteiger partial charge on any atom is -0.388 e. The highest BCUT2D eigenvalue weighted by Gasteiger charge is 2.48. The maximum Gasteiger partial charge on any atom is 0.237 e. The summed E-state index contributed by atoms with van der Waals surface area (Å²) in [5.74, 6) is 0.350. The van der Waals surface area contributed by atoms with Gasteiger partial charge in [0.2, 0.25) is 5.91 Å². The topological polar surface area (TPSA) is 102 Å². The zero-order chi connectivity index (χ0) is 20.3. The van der Waals surface area contributed by atoms with Gasteiger partial charge in [-0.1, -0.05) is 13.3 Å². The van der Waals surface area contributed by atoms with Crippen molar-refractivity contribution in [1.82, 2.24) is 10.2 Å². The molecule has 2 unspecified atom stereocenters. The second-order valence-electron chi connectivity index (χ2n) is 7.73. The van der Waals surface area contributed by atoms with Crippen LogP contribution in [0, 0.1) is 5.92 Å². The molecular weight excluding hydrogens is 392 g/mol. The molecule has 158 valence electrons. The van der Waals surface area contributed by atoms with Crippen molar-refractivity contribution in [1.29, 1.82) is 0 Å². The number of likely N-dealkylation sites (N-methyl/N-ethyl adjacent to an activating group) is 1. The SMILES string of the molecule is CCC[C@@H]1C[C@H](C(=O)NC(C(C)Cl)[C@H]2O[C@H](SC)[C@H](O)[C@@H](O)[C@H]2O)N(C)C1. The predicted molar refractivity (Wildman–Crippen MR) is 107 cm³/mol. The van der Waals surface area contributed by atoms with Crippen molar-refractivity contribution < 1.29 is 24.9 Å². The van der Waals surface area contributed by atoms with Gasteiger partial charge in [-0.05, 0) is 39.0 Å². The van der Waals surface area contributed by atoms with Gasteiger partial charge >= 0.3 is 0 Å². The quantitative estimate of drug-likeness (QED) is 0.438. The van der Waals surface area contributed by atoms with Crippen molar-refractivity contribution in [3.8, 4) is 0 Å². The predicted octanol–water partition coefficient (Wildman–Crippen LogP) is 0.390. The number of amides is 1. The number of aliphatic hydroxyl groups is 3. The number of halogens is 1. The smallest absolute Gasteiger partial charge is 0.237 e. The Morgan fingerprint density at radius 1 is 1.33 bits per heavy atom. The van der Waals surface area contributed by atoms with Gasteiger partial charge in [0.1, 0.15) is 29.9 Å². The lowest BCUT2D eigenvalue weighted by molar-refractivity contribution is -0.205. The van der Waals surface area contributed by atoms with Crippen LogP contribution in [0.25, 0.3) is 0 Å². The molecule has 2 fully saturated rings. The third kappa shape index (κ3) is 5.29. The summed E-state index contributed by atoms with van der Waals surface area (Å²) in [4.78, 5) is 14.9. The molecule has 0 bridgehead atoms. The number of hydrogen-bond acceptors (Lipinski definition) is 7. The fraction of sp³-hybridized carbons (Fsp3) is 0.944. The van der Waals surface area contributed by atoms with E-state index < -0.39 is 41.3 Å². The van der Waals surface area contributed by atoms with Gasteiger partial charge in [-0.3, -0.25) is 9.69 Å². The fourth-order valence-corrected chi connectivity index (χ4v) is 5.00. The van der Waals surface area contributed by atoms with E-state index in [1.807, 2.05) is 11.9 Å². The number of rotatable bonds is 7. The van der Waals surface area contributed by atoms with E-state index in [9.17, 15) is 20.1 Å². The number of carbonyl (C=O) groups excluding carboxylic acids is 1. The van der Waals surface area contributed by atoms with Crippen molar-refractivity contribution in [3.63, 3.8) is 0 Å². The molecule has 9 heteroatoms. The number of hydrogen-bond donors (Lipinski definition) is 4. The van der Waals surface area contributed by atoms with Crippen LogP contribution in [-0.2, 0) is 9.53 Å². The lowest BCUT2D eigenvalue weighted by Gasteiger charge is -2.44. The first-order chi connectivity index (χ1) is 12.7. The lowest BCUT2D eigenvalue weighted by atomic mass is 9.92. The number of nitrogens with one attached hydrogen (secondary N) is 1. The normalized spacial score (nSPS) is 39.9. The molecule has 9 atom stereocenters. The van der Waals surface area contributed by atoms with Crippen LogP contribution in [0.5, 0.6) is 0 Å². The summed E-state index contributed by atoms with van der Waals surface area (Å²) in [6, 6.07) is -0.934. The highest BCUT2D eigenvalue weighted by atomic mass is 35.5. The summed E-state index contributed by atoms with van der Waals surface area (Å²) < 4.78 is 5.79. The van der Waals surface area contributed by atoms with Crippen molar-refractivity contribution in [3.05, 3.63) is 0 Å². The summed E-state index contributed by atoms with van der Waals surface area (Å²) in [6.07, 6.45) is -0.0980. The summed E-state index contributed by atoms with van der Waals surface area (Å²) in [6.45, 7) is 4.74.